The Morgan fingerprint density at radius 2 is 1.76 bits per heavy atom. The molecule has 0 bridgehead atoms. The number of sulfonamides is 1. The van der Waals surface area contributed by atoms with Crippen molar-refractivity contribution in [3.63, 3.8) is 0 Å². The minimum atomic E-state index is -3.86. The molecular formula is C23H18ClN3O5S2. The maximum Gasteiger partial charge on any atom is 0.337 e. The second-order valence-corrected chi connectivity index (χ2v) is 10.3. The van der Waals surface area contributed by atoms with Crippen LogP contribution in [0.5, 0.6) is 0 Å². The van der Waals surface area contributed by atoms with Crippen LogP contribution in [0.4, 0.5) is 5.69 Å². The van der Waals surface area contributed by atoms with Gasteiger partial charge in [-0.3, -0.25) is 9.52 Å². The molecule has 3 aromatic carbocycles. The number of hydrogen-bond donors (Lipinski definition) is 1. The van der Waals surface area contributed by atoms with Gasteiger partial charge in [-0.25, -0.2) is 13.2 Å². The van der Waals surface area contributed by atoms with E-state index >= 15 is 0 Å². The van der Waals surface area contributed by atoms with Crippen molar-refractivity contribution in [2.45, 2.75) is 4.90 Å². The number of amides is 1. The van der Waals surface area contributed by atoms with Gasteiger partial charge in [0.1, 0.15) is 0 Å². The topological polar surface area (TPSA) is 107 Å². The van der Waals surface area contributed by atoms with Crippen molar-refractivity contribution < 1.29 is 22.7 Å². The van der Waals surface area contributed by atoms with Crippen LogP contribution in [0.1, 0.15) is 20.7 Å². The molecule has 1 N–H and O–H groups in total. The number of thiazole rings is 1. The Labute approximate surface area is 204 Å². The number of halogens is 1. The molecule has 174 valence electrons. The number of rotatable bonds is 5. The molecule has 0 aliphatic carbocycles. The Morgan fingerprint density at radius 1 is 1.03 bits per heavy atom. The first-order valence-corrected chi connectivity index (χ1v) is 12.5. The predicted octanol–water partition coefficient (Wildman–Crippen LogP) is 4.22. The highest BCUT2D eigenvalue weighted by Crippen LogP contribution is 2.21. The summed E-state index contributed by atoms with van der Waals surface area (Å²) in [6, 6.07) is 16.9. The highest BCUT2D eigenvalue weighted by Gasteiger charge is 2.16. The monoisotopic (exact) mass is 515 g/mol. The average Bonchev–Trinajstić information content (AvgIpc) is 3.13. The van der Waals surface area contributed by atoms with Crippen LogP contribution in [0.3, 0.4) is 0 Å². The Balaban J connectivity index is 1.63. The lowest BCUT2D eigenvalue weighted by Gasteiger charge is -2.09. The molecule has 0 unspecified atom stereocenters. The quantitative estimate of drug-likeness (QED) is 0.400. The van der Waals surface area contributed by atoms with Gasteiger partial charge in [0, 0.05) is 23.3 Å². The number of ether oxygens (including phenoxy) is 1. The van der Waals surface area contributed by atoms with Gasteiger partial charge in [-0.05, 0) is 60.7 Å². The van der Waals surface area contributed by atoms with Crippen molar-refractivity contribution in [3.8, 4) is 0 Å². The summed E-state index contributed by atoms with van der Waals surface area (Å²) in [6.45, 7) is 0. The second kappa shape index (κ2) is 9.41. The molecule has 1 aromatic heterocycles. The van der Waals surface area contributed by atoms with E-state index in [0.29, 0.717) is 15.4 Å². The largest absolute Gasteiger partial charge is 0.465 e. The third-order valence-electron chi connectivity index (χ3n) is 4.91. The lowest BCUT2D eigenvalue weighted by molar-refractivity contribution is 0.0600. The van der Waals surface area contributed by atoms with Crippen molar-refractivity contribution in [2.24, 2.45) is 12.0 Å². The van der Waals surface area contributed by atoms with Crippen LogP contribution in [0.2, 0.25) is 5.02 Å². The second-order valence-electron chi connectivity index (χ2n) is 7.17. The molecule has 0 aliphatic heterocycles. The van der Waals surface area contributed by atoms with E-state index in [0.717, 1.165) is 10.2 Å². The minimum Gasteiger partial charge on any atom is -0.465 e. The maximum atomic E-state index is 12.9. The summed E-state index contributed by atoms with van der Waals surface area (Å²) in [5.74, 6) is -0.992. The van der Waals surface area contributed by atoms with Crippen LogP contribution in [0, 0.1) is 0 Å². The molecule has 0 fully saturated rings. The molecule has 11 heteroatoms. The third-order valence-corrected chi connectivity index (χ3v) is 7.66. The van der Waals surface area contributed by atoms with E-state index < -0.39 is 21.9 Å². The number of fused-ring (bicyclic) bond motifs is 1. The Bertz CT molecular complexity index is 1590. The zero-order valence-electron chi connectivity index (χ0n) is 18.0. The molecule has 0 saturated heterocycles. The highest BCUT2D eigenvalue weighted by molar-refractivity contribution is 7.92. The number of esters is 1. The maximum absolute atomic E-state index is 12.9. The number of carbonyl (C=O) groups is 2. The third kappa shape index (κ3) is 4.89. The van der Waals surface area contributed by atoms with Crippen LogP contribution in [-0.2, 0) is 21.8 Å². The van der Waals surface area contributed by atoms with E-state index in [-0.39, 0.29) is 16.1 Å². The van der Waals surface area contributed by atoms with Crippen molar-refractivity contribution in [1.82, 2.24) is 4.57 Å². The summed E-state index contributed by atoms with van der Waals surface area (Å²) in [5, 5.41) is 0.420. The van der Waals surface area contributed by atoms with Gasteiger partial charge in [-0.1, -0.05) is 29.0 Å². The van der Waals surface area contributed by atoms with E-state index in [1.165, 1.54) is 54.8 Å². The van der Waals surface area contributed by atoms with Gasteiger partial charge in [0.25, 0.3) is 15.9 Å². The summed E-state index contributed by atoms with van der Waals surface area (Å²) in [4.78, 5) is 29.3. The van der Waals surface area contributed by atoms with Crippen molar-refractivity contribution in [2.75, 3.05) is 11.8 Å². The average molecular weight is 516 g/mol. The molecule has 8 nitrogen and oxygen atoms in total. The van der Waals surface area contributed by atoms with Crippen LogP contribution < -0.4 is 9.52 Å². The van der Waals surface area contributed by atoms with Crippen molar-refractivity contribution >= 4 is 60.7 Å². The van der Waals surface area contributed by atoms with Crippen molar-refractivity contribution in [1.29, 1.82) is 0 Å². The predicted molar refractivity (Wildman–Crippen MR) is 131 cm³/mol. The Hall–Kier alpha value is -3.47. The standard InChI is InChI=1S/C23H18ClN3O5S2/c1-27-19-11-6-15(22(29)32-2)13-20(19)33-23(27)25-21(28)14-4-3-5-17(12-14)26-34(30,31)18-9-7-16(24)8-10-18/h3-13,26H,1-2H3. The summed E-state index contributed by atoms with van der Waals surface area (Å²) >= 11 is 7.07. The first-order valence-electron chi connectivity index (χ1n) is 9.83. The summed E-state index contributed by atoms with van der Waals surface area (Å²) in [6.07, 6.45) is 0. The number of benzene rings is 3. The number of carbonyl (C=O) groups excluding carboxylic acids is 2. The molecule has 0 spiro atoms. The molecule has 0 aliphatic rings. The smallest absolute Gasteiger partial charge is 0.337 e. The van der Waals surface area contributed by atoms with Gasteiger partial charge in [-0.15, -0.1) is 0 Å². The minimum absolute atomic E-state index is 0.0435. The molecule has 0 atom stereocenters. The van der Waals surface area contributed by atoms with Gasteiger partial charge < -0.3 is 9.30 Å². The highest BCUT2D eigenvalue weighted by atomic mass is 35.5. The normalized spacial score (nSPS) is 12.0. The summed E-state index contributed by atoms with van der Waals surface area (Å²) in [5.41, 5.74) is 1.63. The fourth-order valence-electron chi connectivity index (χ4n) is 3.18. The molecule has 1 heterocycles. The summed E-state index contributed by atoms with van der Waals surface area (Å²) < 4.78 is 35.0. The van der Waals surface area contributed by atoms with E-state index in [1.807, 2.05) is 0 Å². The first kappa shape index (κ1) is 23.7. The van der Waals surface area contributed by atoms with E-state index in [4.69, 9.17) is 16.3 Å². The fraction of sp³-hybridized carbons (Fsp3) is 0.0870. The Morgan fingerprint density at radius 3 is 2.47 bits per heavy atom. The van der Waals surface area contributed by atoms with Crippen LogP contribution in [0.15, 0.2) is 76.6 Å². The lowest BCUT2D eigenvalue weighted by Crippen LogP contribution is -2.14. The SMILES string of the molecule is COC(=O)c1ccc2c(c1)sc(=NC(=O)c1cccc(NS(=O)(=O)c3ccc(Cl)cc3)c1)n2C. The molecule has 34 heavy (non-hydrogen) atoms. The van der Waals surface area contributed by atoms with E-state index in [1.54, 1.807) is 41.9 Å². The Kier molecular flexibility index (Phi) is 6.56. The number of hydrogen-bond acceptors (Lipinski definition) is 6. The molecule has 4 aromatic rings. The van der Waals surface area contributed by atoms with Crippen LogP contribution in [0.25, 0.3) is 10.2 Å². The number of aromatic nitrogens is 1. The van der Waals surface area contributed by atoms with Crippen LogP contribution in [-0.4, -0.2) is 32.0 Å². The molecule has 0 saturated carbocycles. The lowest BCUT2D eigenvalue weighted by atomic mass is 10.2. The number of anilines is 1. The van der Waals surface area contributed by atoms with Crippen molar-refractivity contribution in [3.05, 3.63) is 87.7 Å². The zero-order chi connectivity index (χ0) is 24.5. The van der Waals surface area contributed by atoms with Crippen LogP contribution >= 0.6 is 22.9 Å². The van der Waals surface area contributed by atoms with Gasteiger partial charge in [0.15, 0.2) is 4.80 Å². The van der Waals surface area contributed by atoms with Gasteiger partial charge in [0.2, 0.25) is 0 Å². The zero-order valence-corrected chi connectivity index (χ0v) is 20.4. The fourth-order valence-corrected chi connectivity index (χ4v) is 5.41. The van der Waals surface area contributed by atoms with Gasteiger partial charge >= 0.3 is 5.97 Å². The molecule has 0 radical (unpaired) electrons. The number of methoxy groups -OCH3 is 1. The van der Waals surface area contributed by atoms with E-state index in [9.17, 15) is 18.0 Å². The van der Waals surface area contributed by atoms with E-state index in [2.05, 4.69) is 9.71 Å². The summed E-state index contributed by atoms with van der Waals surface area (Å²) in [7, 11) is -0.786. The molecular weight excluding hydrogens is 498 g/mol. The van der Waals surface area contributed by atoms with Gasteiger partial charge in [-0.2, -0.15) is 4.99 Å². The van der Waals surface area contributed by atoms with Gasteiger partial charge in [0.05, 0.1) is 27.8 Å². The molecule has 1 amide bonds. The number of aryl methyl sites for hydroxylation is 1. The number of nitrogens with zero attached hydrogens (tertiary/aromatic N) is 2. The molecule has 4 rings (SSSR count). The first-order chi connectivity index (χ1) is 16.2. The number of nitrogens with one attached hydrogen (secondary N) is 1.